The Hall–Kier alpha value is -3.17. The van der Waals surface area contributed by atoms with Crippen molar-refractivity contribution in [3.8, 4) is 0 Å². The quantitative estimate of drug-likeness (QED) is 0.704. The molecule has 1 amide bonds. The van der Waals surface area contributed by atoms with E-state index >= 15 is 4.39 Å². The molecule has 2 aliphatic rings. The van der Waals surface area contributed by atoms with Crippen LogP contribution in [0.1, 0.15) is 63.4 Å². The molecule has 0 radical (unpaired) electrons. The van der Waals surface area contributed by atoms with Gasteiger partial charge in [-0.2, -0.15) is 0 Å². The number of amides is 1. The molecule has 2 aromatic heterocycles. The summed E-state index contributed by atoms with van der Waals surface area (Å²) in [5.41, 5.74) is -1.41. The first kappa shape index (κ1) is 23.0. The Morgan fingerprint density at radius 2 is 2.00 bits per heavy atom. The minimum absolute atomic E-state index is 0.0289. The standard InChI is InChI=1S/C23H29FN4O5/c1-12(25-22(32)33-23(2,3)4)13-7-8-27(10-13)20-17(24)9-15-18(29)16(21(30)31)11-28(14-5-6-14)19(15)26-20/h9,11-14H,5-8,10H2,1-4H3,(H,25,32)(H,30,31)/t12-,13+/m0/s1. The van der Waals surface area contributed by atoms with Gasteiger partial charge < -0.3 is 24.6 Å². The van der Waals surface area contributed by atoms with Crippen LogP contribution in [0.15, 0.2) is 17.1 Å². The molecule has 10 heteroatoms. The first-order chi connectivity index (χ1) is 15.4. The molecule has 1 saturated heterocycles. The van der Waals surface area contributed by atoms with E-state index in [4.69, 9.17) is 4.74 Å². The van der Waals surface area contributed by atoms with E-state index in [-0.39, 0.29) is 34.8 Å². The number of alkyl carbamates (subject to hydrolysis) is 1. The molecule has 0 aromatic carbocycles. The monoisotopic (exact) mass is 460 g/mol. The predicted octanol–water partition coefficient (Wildman–Crippen LogP) is 3.31. The van der Waals surface area contributed by atoms with Crippen LogP contribution in [-0.4, -0.2) is 51.5 Å². The normalized spacial score (nSPS) is 19.5. The number of nitrogens with one attached hydrogen (secondary N) is 1. The summed E-state index contributed by atoms with van der Waals surface area (Å²) >= 11 is 0. The van der Waals surface area contributed by atoms with Gasteiger partial charge in [0.1, 0.15) is 16.8 Å². The number of halogens is 1. The molecule has 0 spiro atoms. The van der Waals surface area contributed by atoms with Crippen LogP contribution >= 0.6 is 0 Å². The number of fused-ring (bicyclic) bond motifs is 1. The highest BCUT2D eigenvalue weighted by molar-refractivity contribution is 5.92. The minimum atomic E-state index is -1.34. The van der Waals surface area contributed by atoms with Crippen molar-refractivity contribution in [2.24, 2.45) is 5.92 Å². The second-order valence-electron chi connectivity index (χ2n) is 9.91. The molecule has 0 bridgehead atoms. The Morgan fingerprint density at radius 1 is 1.30 bits per heavy atom. The zero-order chi connectivity index (χ0) is 24.1. The van der Waals surface area contributed by atoms with E-state index < -0.39 is 28.9 Å². The number of carboxylic acids is 1. The van der Waals surface area contributed by atoms with Crippen LogP contribution in [0.3, 0.4) is 0 Å². The lowest BCUT2D eigenvalue weighted by Gasteiger charge is -2.25. The van der Waals surface area contributed by atoms with E-state index in [2.05, 4.69) is 10.3 Å². The fourth-order valence-corrected chi connectivity index (χ4v) is 4.24. The third-order valence-corrected chi connectivity index (χ3v) is 6.09. The first-order valence-corrected chi connectivity index (χ1v) is 11.2. The number of anilines is 1. The number of hydrogen-bond acceptors (Lipinski definition) is 6. The summed E-state index contributed by atoms with van der Waals surface area (Å²) in [6, 6.07) is 0.971. The highest BCUT2D eigenvalue weighted by Crippen LogP contribution is 2.37. The van der Waals surface area contributed by atoms with E-state index in [1.54, 1.807) is 30.2 Å². The number of ether oxygens (including phenoxy) is 1. The van der Waals surface area contributed by atoms with Crippen molar-refractivity contribution in [2.45, 2.75) is 64.6 Å². The van der Waals surface area contributed by atoms with E-state index in [0.29, 0.717) is 18.7 Å². The largest absolute Gasteiger partial charge is 0.477 e. The van der Waals surface area contributed by atoms with Crippen molar-refractivity contribution in [1.82, 2.24) is 14.9 Å². The highest BCUT2D eigenvalue weighted by Gasteiger charge is 2.33. The summed E-state index contributed by atoms with van der Waals surface area (Å²) in [5.74, 6) is -1.81. The zero-order valence-electron chi connectivity index (χ0n) is 19.2. The van der Waals surface area contributed by atoms with Crippen molar-refractivity contribution in [2.75, 3.05) is 18.0 Å². The van der Waals surface area contributed by atoms with Crippen molar-refractivity contribution >= 4 is 28.9 Å². The minimum Gasteiger partial charge on any atom is -0.477 e. The van der Waals surface area contributed by atoms with E-state index in [0.717, 1.165) is 25.3 Å². The van der Waals surface area contributed by atoms with Gasteiger partial charge in [0.2, 0.25) is 5.43 Å². The van der Waals surface area contributed by atoms with E-state index in [1.807, 2.05) is 6.92 Å². The van der Waals surface area contributed by atoms with Crippen LogP contribution in [0.2, 0.25) is 0 Å². The van der Waals surface area contributed by atoms with Crippen molar-refractivity contribution in [1.29, 1.82) is 0 Å². The molecule has 0 unspecified atom stereocenters. The molecule has 2 fully saturated rings. The van der Waals surface area contributed by atoms with Crippen LogP contribution < -0.4 is 15.6 Å². The lowest BCUT2D eigenvalue weighted by molar-refractivity contribution is 0.0494. The van der Waals surface area contributed by atoms with Gasteiger partial charge in [0, 0.05) is 31.4 Å². The van der Waals surface area contributed by atoms with Gasteiger partial charge in [-0.15, -0.1) is 0 Å². The molecule has 33 heavy (non-hydrogen) atoms. The highest BCUT2D eigenvalue weighted by atomic mass is 19.1. The molecule has 2 N–H and O–H groups in total. The lowest BCUT2D eigenvalue weighted by atomic mass is 10.0. The summed E-state index contributed by atoms with van der Waals surface area (Å²) in [6.45, 7) is 8.30. The Labute approximate surface area is 190 Å². The maximum Gasteiger partial charge on any atom is 0.407 e. The Balaban J connectivity index is 1.59. The summed E-state index contributed by atoms with van der Waals surface area (Å²) in [5, 5.41) is 12.2. The number of carbonyl (C=O) groups is 2. The smallest absolute Gasteiger partial charge is 0.407 e. The number of aromatic carboxylic acids is 1. The molecular weight excluding hydrogens is 431 g/mol. The number of rotatable bonds is 5. The van der Waals surface area contributed by atoms with Crippen molar-refractivity contribution in [3.05, 3.63) is 33.9 Å². The van der Waals surface area contributed by atoms with Crippen LogP contribution in [0.5, 0.6) is 0 Å². The fourth-order valence-electron chi connectivity index (χ4n) is 4.24. The van der Waals surface area contributed by atoms with Gasteiger partial charge >= 0.3 is 12.1 Å². The molecular formula is C23H29FN4O5. The summed E-state index contributed by atoms with van der Waals surface area (Å²) in [6.07, 6.45) is 3.25. The topological polar surface area (TPSA) is 114 Å². The molecule has 1 aliphatic heterocycles. The van der Waals surface area contributed by atoms with Gasteiger partial charge in [0.05, 0.1) is 5.39 Å². The zero-order valence-corrected chi connectivity index (χ0v) is 19.2. The Kier molecular flexibility index (Phi) is 5.79. The van der Waals surface area contributed by atoms with Crippen LogP contribution in [0.25, 0.3) is 11.0 Å². The number of pyridine rings is 2. The predicted molar refractivity (Wildman–Crippen MR) is 120 cm³/mol. The second kappa shape index (κ2) is 8.31. The maximum absolute atomic E-state index is 15.1. The lowest BCUT2D eigenvalue weighted by Crippen LogP contribution is -2.42. The summed E-state index contributed by atoms with van der Waals surface area (Å²) in [7, 11) is 0. The maximum atomic E-state index is 15.1. The number of aromatic nitrogens is 2. The van der Waals surface area contributed by atoms with Crippen LogP contribution in [0, 0.1) is 11.7 Å². The molecule has 3 heterocycles. The third kappa shape index (κ3) is 4.79. The van der Waals surface area contributed by atoms with Crippen LogP contribution in [0.4, 0.5) is 15.0 Å². The first-order valence-electron chi connectivity index (χ1n) is 11.2. The number of hydrogen-bond donors (Lipinski definition) is 2. The summed E-state index contributed by atoms with van der Waals surface area (Å²) < 4.78 is 22.1. The SMILES string of the molecule is C[C@H](NC(=O)OC(C)(C)C)[C@@H]1CCN(c2nc3c(cc2F)c(=O)c(C(=O)O)cn3C2CC2)C1. The molecule has 2 atom stereocenters. The average molecular weight is 461 g/mol. The Morgan fingerprint density at radius 3 is 2.61 bits per heavy atom. The summed E-state index contributed by atoms with van der Waals surface area (Å²) in [4.78, 5) is 42.5. The van der Waals surface area contributed by atoms with Gasteiger partial charge in [-0.25, -0.2) is 19.0 Å². The van der Waals surface area contributed by atoms with Gasteiger partial charge in [0.25, 0.3) is 0 Å². The van der Waals surface area contributed by atoms with Gasteiger partial charge in [-0.05, 0) is 58.9 Å². The van der Waals surface area contributed by atoms with E-state index in [1.165, 1.54) is 6.20 Å². The van der Waals surface area contributed by atoms with Gasteiger partial charge in [-0.1, -0.05) is 0 Å². The van der Waals surface area contributed by atoms with Crippen molar-refractivity contribution < 1.29 is 23.8 Å². The molecule has 1 saturated carbocycles. The average Bonchev–Trinajstić information content (AvgIpc) is 3.42. The molecule has 1 aliphatic carbocycles. The number of carbonyl (C=O) groups excluding carboxylic acids is 1. The molecule has 4 rings (SSSR count). The van der Waals surface area contributed by atoms with E-state index in [9.17, 15) is 19.5 Å². The van der Waals surface area contributed by atoms with Gasteiger partial charge in [-0.3, -0.25) is 4.79 Å². The number of carboxylic acid groups (broad SMARTS) is 1. The molecule has 9 nitrogen and oxygen atoms in total. The molecule has 178 valence electrons. The van der Waals surface area contributed by atoms with Gasteiger partial charge in [0.15, 0.2) is 11.6 Å². The van der Waals surface area contributed by atoms with Crippen LogP contribution in [-0.2, 0) is 4.74 Å². The Bertz CT molecular complexity index is 1170. The second-order valence-corrected chi connectivity index (χ2v) is 9.91. The number of nitrogens with zero attached hydrogens (tertiary/aromatic N) is 3. The molecule has 2 aromatic rings. The fraction of sp³-hybridized carbons (Fsp3) is 0.565. The third-order valence-electron chi connectivity index (χ3n) is 6.09. The van der Waals surface area contributed by atoms with Crippen molar-refractivity contribution in [3.63, 3.8) is 0 Å².